The SMILES string of the molecule is CC(=O)O/N=C(\C)C(=O)c1cn(-c2ccccn2)c2ccccc12.CC(=O)O/N=C(\C)C(=O)c1cn(-c2ccco2)c2ccccc12.CC(=O)O/N=C(\C)C(=O)c1cn(-c2cccs2)c2ccccc12.CCCCCC/C(=N\OC(=O)CC)c1cn(-c2ccco2)c2ccccc12. The smallest absolute Gasteiger partial charge is 0.334 e. The number of hydrogen-bond acceptors (Lipinski definition) is 19. The Balaban J connectivity index is 0.000000152. The summed E-state index contributed by atoms with van der Waals surface area (Å²) in [5.74, 6) is -0.847. The fourth-order valence-corrected chi connectivity index (χ4v) is 10.9. The van der Waals surface area contributed by atoms with Crippen molar-refractivity contribution in [2.75, 3.05) is 0 Å². The van der Waals surface area contributed by atoms with Crippen LogP contribution in [0.25, 0.3) is 66.2 Å². The molecule has 494 valence electrons. The largest absolute Gasteiger partial charge is 0.448 e. The van der Waals surface area contributed by atoms with E-state index in [2.05, 4.69) is 53.1 Å². The molecule has 12 rings (SSSR count). The number of ketones is 3. The number of carbonyl (C=O) groups excluding carboxylic acids is 7. The Morgan fingerprint density at radius 2 is 0.856 bits per heavy atom. The van der Waals surface area contributed by atoms with Crippen molar-refractivity contribution in [3.63, 3.8) is 0 Å². The first-order valence-corrected chi connectivity index (χ1v) is 31.9. The van der Waals surface area contributed by atoms with Gasteiger partial charge in [0.25, 0.3) is 0 Å². The molecule has 8 heterocycles. The van der Waals surface area contributed by atoms with E-state index >= 15 is 0 Å². The first-order valence-electron chi connectivity index (χ1n) is 31.0. The van der Waals surface area contributed by atoms with Gasteiger partial charge in [-0.25, -0.2) is 24.2 Å². The fraction of sp³-hybridized carbons (Fsp3) is 0.189. The van der Waals surface area contributed by atoms with E-state index in [0.717, 1.165) is 85.0 Å². The summed E-state index contributed by atoms with van der Waals surface area (Å²) >= 11 is 1.59. The van der Waals surface area contributed by atoms with E-state index in [9.17, 15) is 33.6 Å². The van der Waals surface area contributed by atoms with Crippen LogP contribution in [0.2, 0.25) is 0 Å². The molecule has 0 amide bonds. The maximum atomic E-state index is 12.7. The standard InChI is InChI=1S/C22H26N2O3.C18H15N3O3.C17H14N2O4.C17H14N2O3S/c1-3-5-6-7-12-19(23-27-22(25)4-2)18-16-24(21-14-10-15-26-21)20-13-9-8-11-17(18)20;1-12(20-24-13(2)22)18(23)15-11-21(17-9-5-6-10-19-17)16-8-4-3-7-14(15)16;1-11(18-23-12(2)20)17(21)14-10-19(16-8-5-9-22-16)15-7-4-3-6-13(14)15;1-11(18-22-12(2)20)17(21)14-10-19(16-8-5-9-23-16)15-7-4-3-6-13(14)15/h8-11,13-16H,3-7,12H2,1-2H3;3-11H,1-2H3;2*3-10H,1-2H3/b23-19+;20-12+;2*18-11+. The Bertz CT molecular complexity index is 4740. The summed E-state index contributed by atoms with van der Waals surface area (Å²) in [5.41, 5.74) is 7.26. The normalized spacial score (nSPS) is 11.7. The summed E-state index contributed by atoms with van der Waals surface area (Å²) in [6, 6.07) is 47.7. The highest BCUT2D eigenvalue weighted by atomic mass is 32.1. The number of rotatable bonds is 21. The van der Waals surface area contributed by atoms with Crippen LogP contribution >= 0.6 is 11.3 Å². The van der Waals surface area contributed by atoms with Gasteiger partial charge in [-0.15, -0.1) is 11.3 Å². The number of fused-ring (bicyclic) bond motifs is 4. The molecule has 0 aliphatic heterocycles. The molecule has 0 spiro atoms. The van der Waals surface area contributed by atoms with Crippen LogP contribution in [0.3, 0.4) is 0 Å². The zero-order chi connectivity index (χ0) is 69.0. The molecular weight excluding hydrogens is 1250 g/mol. The quantitative estimate of drug-likeness (QED) is 0.0213. The number of thiophene rings is 1. The summed E-state index contributed by atoms with van der Waals surface area (Å²) in [6.45, 7) is 12.2. The van der Waals surface area contributed by atoms with Crippen molar-refractivity contribution in [3.8, 4) is 22.6 Å². The van der Waals surface area contributed by atoms with Gasteiger partial charge in [-0.3, -0.25) is 23.5 Å². The molecule has 23 heteroatoms. The maximum Gasteiger partial charge on any atom is 0.334 e. The number of nitrogens with zero attached hydrogens (tertiary/aromatic N) is 9. The number of carbonyl (C=O) groups is 7. The van der Waals surface area contributed by atoms with Crippen LogP contribution in [0, 0.1) is 0 Å². The number of aromatic nitrogens is 5. The predicted octanol–water partition coefficient (Wildman–Crippen LogP) is 16.2. The van der Waals surface area contributed by atoms with E-state index in [1.165, 1.54) is 54.4 Å². The molecule has 0 atom stereocenters. The van der Waals surface area contributed by atoms with Gasteiger partial charge in [0.15, 0.2) is 0 Å². The number of furan rings is 2. The minimum atomic E-state index is -0.574. The van der Waals surface area contributed by atoms with Crippen LogP contribution in [0.15, 0.2) is 230 Å². The molecule has 0 radical (unpaired) electrons. The second-order valence-corrected chi connectivity index (χ2v) is 22.6. The van der Waals surface area contributed by atoms with Crippen LogP contribution in [0.1, 0.15) is 131 Å². The highest BCUT2D eigenvalue weighted by Gasteiger charge is 2.23. The second kappa shape index (κ2) is 33.2. The van der Waals surface area contributed by atoms with Crippen molar-refractivity contribution in [3.05, 3.63) is 223 Å². The van der Waals surface area contributed by atoms with Crippen LogP contribution in [0.5, 0.6) is 0 Å². The van der Waals surface area contributed by atoms with Crippen molar-refractivity contribution in [1.29, 1.82) is 0 Å². The Labute approximate surface area is 561 Å². The minimum absolute atomic E-state index is 0.0996. The molecule has 0 saturated heterocycles. The van der Waals surface area contributed by atoms with Crippen LogP contribution in [-0.2, 0) is 38.5 Å². The highest BCUT2D eigenvalue weighted by Crippen LogP contribution is 2.31. The van der Waals surface area contributed by atoms with E-state index < -0.39 is 17.9 Å². The molecule has 0 saturated carbocycles. The number of benzene rings is 4. The molecule has 0 aliphatic rings. The third-order valence-corrected chi connectivity index (χ3v) is 15.6. The van der Waals surface area contributed by atoms with Crippen molar-refractivity contribution in [2.45, 2.75) is 93.9 Å². The summed E-state index contributed by atoms with van der Waals surface area (Å²) in [6.07, 6.45) is 17.7. The molecule has 0 fully saturated rings. The zero-order valence-electron chi connectivity index (χ0n) is 54.5. The zero-order valence-corrected chi connectivity index (χ0v) is 55.4. The Kier molecular flexibility index (Phi) is 23.8. The monoisotopic (exact) mass is 1320 g/mol. The minimum Gasteiger partial charge on any atom is -0.448 e. The van der Waals surface area contributed by atoms with Crippen molar-refractivity contribution in [1.82, 2.24) is 23.3 Å². The lowest BCUT2D eigenvalue weighted by atomic mass is 10.0. The average Bonchev–Trinajstić information content (AvgIpc) is 1.66. The van der Waals surface area contributed by atoms with Crippen molar-refractivity contribution < 1.29 is 61.7 Å². The molecule has 8 aromatic heterocycles. The molecule has 0 bridgehead atoms. The summed E-state index contributed by atoms with van der Waals surface area (Å²) in [7, 11) is 0. The topological polar surface area (TPSA) is 265 Å². The number of hydrogen-bond donors (Lipinski definition) is 0. The van der Waals surface area contributed by atoms with Gasteiger partial charge in [-0.05, 0) is 99.7 Å². The van der Waals surface area contributed by atoms with Gasteiger partial charge in [0, 0.05) is 114 Å². The predicted molar refractivity (Wildman–Crippen MR) is 373 cm³/mol. The molecule has 0 N–H and O–H groups in total. The Hall–Kier alpha value is -12.0. The first kappa shape index (κ1) is 69.4. The van der Waals surface area contributed by atoms with E-state index in [-0.39, 0.29) is 40.5 Å². The van der Waals surface area contributed by atoms with Crippen molar-refractivity contribution in [2.24, 2.45) is 20.6 Å². The van der Waals surface area contributed by atoms with Gasteiger partial charge in [0.1, 0.15) is 23.0 Å². The summed E-state index contributed by atoms with van der Waals surface area (Å²) in [5, 5.41) is 21.4. The van der Waals surface area contributed by atoms with Crippen LogP contribution < -0.4 is 0 Å². The van der Waals surface area contributed by atoms with Crippen LogP contribution in [-0.4, -0.2) is 87.3 Å². The van der Waals surface area contributed by atoms with Gasteiger partial charge >= 0.3 is 23.9 Å². The molecule has 4 aromatic carbocycles. The lowest BCUT2D eigenvalue weighted by Gasteiger charge is -2.05. The summed E-state index contributed by atoms with van der Waals surface area (Å²) < 4.78 is 18.6. The highest BCUT2D eigenvalue weighted by molar-refractivity contribution is 7.12. The molecular formula is C74H69N9O13S. The van der Waals surface area contributed by atoms with E-state index in [4.69, 9.17) is 13.7 Å². The Morgan fingerprint density at radius 3 is 1.27 bits per heavy atom. The van der Waals surface area contributed by atoms with E-state index in [1.807, 2.05) is 159 Å². The van der Waals surface area contributed by atoms with Gasteiger partial charge in [-0.1, -0.05) is 133 Å². The van der Waals surface area contributed by atoms with Crippen molar-refractivity contribution >= 4 is 119 Å². The van der Waals surface area contributed by atoms with Gasteiger partial charge < -0.3 is 37.3 Å². The molecule has 22 nitrogen and oxygen atoms in total. The fourth-order valence-electron chi connectivity index (χ4n) is 10.2. The maximum absolute atomic E-state index is 12.7. The number of Topliss-reactive ketones (excluding diaryl/α,β-unsaturated/α-hetero) is 3. The van der Waals surface area contributed by atoms with E-state index in [1.54, 1.807) is 72.3 Å². The summed E-state index contributed by atoms with van der Waals surface area (Å²) in [4.78, 5) is 105. The molecule has 0 unspecified atom stereocenters. The van der Waals surface area contributed by atoms with Gasteiger partial charge in [-0.2, -0.15) is 0 Å². The first-order chi connectivity index (χ1) is 47.0. The third-order valence-electron chi connectivity index (χ3n) is 14.8. The second-order valence-electron chi connectivity index (χ2n) is 21.7. The van der Waals surface area contributed by atoms with Gasteiger partial charge in [0.2, 0.25) is 29.1 Å². The third kappa shape index (κ3) is 17.2. The Morgan fingerprint density at radius 1 is 0.433 bits per heavy atom. The molecule has 97 heavy (non-hydrogen) atoms. The average molecular weight is 1320 g/mol. The lowest BCUT2D eigenvalue weighted by Crippen LogP contribution is -2.11. The number of para-hydroxylation sites is 4. The number of oxime groups is 4. The van der Waals surface area contributed by atoms with Gasteiger partial charge in [0.05, 0.1) is 45.3 Å². The molecule has 12 aromatic rings. The molecule has 0 aliphatic carbocycles. The number of pyridine rings is 1. The van der Waals surface area contributed by atoms with Crippen LogP contribution in [0.4, 0.5) is 0 Å². The number of unbranched alkanes of at least 4 members (excludes halogenated alkanes) is 3. The lowest BCUT2D eigenvalue weighted by molar-refractivity contribution is -0.143. The van der Waals surface area contributed by atoms with E-state index in [0.29, 0.717) is 34.8 Å².